The molecule has 0 atom stereocenters. The summed E-state index contributed by atoms with van der Waals surface area (Å²) < 4.78 is 31.2. The monoisotopic (exact) mass is 293 g/mol. The summed E-state index contributed by atoms with van der Waals surface area (Å²) in [6.07, 6.45) is 2.00. The first kappa shape index (κ1) is 13.4. The van der Waals surface area contributed by atoms with Crippen LogP contribution in [-0.4, -0.2) is 24.4 Å². The minimum Gasteiger partial charge on any atom is -0.452 e. The molecule has 0 bridgehead atoms. The summed E-state index contributed by atoms with van der Waals surface area (Å²) in [5.41, 5.74) is 2.93. The van der Waals surface area contributed by atoms with Crippen LogP contribution >= 0.6 is 0 Å². The van der Waals surface area contributed by atoms with E-state index in [9.17, 15) is 8.42 Å². The van der Waals surface area contributed by atoms with E-state index in [2.05, 4.69) is 0 Å². The van der Waals surface area contributed by atoms with E-state index in [1.165, 1.54) is 16.6 Å². The van der Waals surface area contributed by atoms with Gasteiger partial charge in [0, 0.05) is 13.1 Å². The first-order chi connectivity index (χ1) is 9.61. The second kappa shape index (κ2) is 5.05. The van der Waals surface area contributed by atoms with Crippen molar-refractivity contribution in [1.82, 2.24) is 4.31 Å². The van der Waals surface area contributed by atoms with Gasteiger partial charge < -0.3 is 9.52 Å². The molecule has 1 aromatic heterocycles. The highest BCUT2D eigenvalue weighted by atomic mass is 32.2. The van der Waals surface area contributed by atoms with Gasteiger partial charge >= 0.3 is 0 Å². The fourth-order valence-electron chi connectivity index (χ4n) is 2.42. The molecule has 0 aliphatic carbocycles. The van der Waals surface area contributed by atoms with E-state index in [0.717, 1.165) is 16.7 Å². The number of furan rings is 1. The summed E-state index contributed by atoms with van der Waals surface area (Å²) in [5, 5.41) is 9.11. The number of rotatable bonds is 3. The largest absolute Gasteiger partial charge is 0.452 e. The van der Waals surface area contributed by atoms with Crippen molar-refractivity contribution in [3.05, 3.63) is 53.3 Å². The Morgan fingerprint density at radius 1 is 1.25 bits per heavy atom. The third kappa shape index (κ3) is 2.26. The summed E-state index contributed by atoms with van der Waals surface area (Å²) in [5.74, 6) is 0. The van der Waals surface area contributed by atoms with Gasteiger partial charge in [-0.2, -0.15) is 4.31 Å². The lowest BCUT2D eigenvalue weighted by Gasteiger charge is -2.27. The molecule has 6 heteroatoms. The van der Waals surface area contributed by atoms with Crippen LogP contribution in [0.4, 0.5) is 0 Å². The van der Waals surface area contributed by atoms with Gasteiger partial charge in [0.25, 0.3) is 10.0 Å². The van der Waals surface area contributed by atoms with Crippen LogP contribution in [0.5, 0.6) is 0 Å². The van der Waals surface area contributed by atoms with Crippen molar-refractivity contribution in [2.24, 2.45) is 0 Å². The molecule has 0 saturated heterocycles. The molecule has 1 aliphatic heterocycles. The summed E-state index contributed by atoms with van der Waals surface area (Å²) in [6, 6.07) is 8.66. The molecule has 1 N–H and O–H groups in total. The average Bonchev–Trinajstić information content (AvgIpc) is 3.01. The molecule has 0 radical (unpaired) electrons. The Labute approximate surface area is 117 Å². The van der Waals surface area contributed by atoms with Gasteiger partial charge in [0.05, 0.1) is 12.9 Å². The van der Waals surface area contributed by atoms with E-state index >= 15 is 0 Å². The topological polar surface area (TPSA) is 70.8 Å². The van der Waals surface area contributed by atoms with E-state index in [1.54, 1.807) is 6.07 Å². The zero-order valence-electron chi connectivity index (χ0n) is 10.8. The Kier molecular flexibility index (Phi) is 3.37. The number of nitrogens with zero attached hydrogens (tertiary/aromatic N) is 1. The Morgan fingerprint density at radius 3 is 2.80 bits per heavy atom. The molecule has 1 aliphatic rings. The molecule has 20 heavy (non-hydrogen) atoms. The maximum absolute atomic E-state index is 12.4. The highest BCUT2D eigenvalue weighted by Crippen LogP contribution is 2.25. The molecule has 0 amide bonds. The maximum Gasteiger partial charge on any atom is 0.276 e. The van der Waals surface area contributed by atoms with Crippen LogP contribution in [0.3, 0.4) is 0 Å². The summed E-state index contributed by atoms with van der Waals surface area (Å²) in [4.78, 5) is 0. The van der Waals surface area contributed by atoms with Crippen LogP contribution in [0, 0.1) is 0 Å². The smallest absolute Gasteiger partial charge is 0.276 e. The van der Waals surface area contributed by atoms with Crippen LogP contribution in [0.2, 0.25) is 0 Å². The number of aliphatic hydroxyl groups is 1. The molecule has 2 aromatic rings. The van der Waals surface area contributed by atoms with E-state index in [-0.39, 0.29) is 11.7 Å². The predicted molar refractivity (Wildman–Crippen MR) is 72.4 cm³/mol. The van der Waals surface area contributed by atoms with Crippen LogP contribution in [-0.2, 0) is 29.6 Å². The second-order valence-electron chi connectivity index (χ2n) is 4.78. The number of hydrogen-bond donors (Lipinski definition) is 1. The summed E-state index contributed by atoms with van der Waals surface area (Å²) in [7, 11) is -3.56. The normalized spacial score (nSPS) is 16.1. The van der Waals surface area contributed by atoms with E-state index < -0.39 is 10.0 Å². The van der Waals surface area contributed by atoms with Gasteiger partial charge in [0.1, 0.15) is 0 Å². The SMILES string of the molecule is O=S(=O)(c1ccco1)N1CCc2cc(CO)ccc2C1. The zero-order chi connectivity index (χ0) is 14.2. The van der Waals surface area contributed by atoms with Crippen LogP contribution in [0.25, 0.3) is 0 Å². The molecule has 0 saturated carbocycles. The van der Waals surface area contributed by atoms with Crippen molar-refractivity contribution in [1.29, 1.82) is 0 Å². The number of fused-ring (bicyclic) bond motifs is 1. The Hall–Kier alpha value is -1.63. The van der Waals surface area contributed by atoms with E-state index in [1.807, 2.05) is 18.2 Å². The van der Waals surface area contributed by atoms with Gasteiger partial charge in [-0.05, 0) is 35.2 Å². The third-order valence-electron chi connectivity index (χ3n) is 3.52. The summed E-state index contributed by atoms with van der Waals surface area (Å²) in [6.45, 7) is 0.761. The fraction of sp³-hybridized carbons (Fsp3) is 0.286. The van der Waals surface area contributed by atoms with Gasteiger partial charge in [-0.3, -0.25) is 0 Å². The van der Waals surface area contributed by atoms with Gasteiger partial charge in [-0.15, -0.1) is 0 Å². The number of sulfonamides is 1. The lowest BCUT2D eigenvalue weighted by Crippen LogP contribution is -2.35. The molecule has 2 heterocycles. The maximum atomic E-state index is 12.4. The average molecular weight is 293 g/mol. The first-order valence-electron chi connectivity index (χ1n) is 6.36. The van der Waals surface area contributed by atoms with E-state index in [4.69, 9.17) is 9.52 Å². The zero-order valence-corrected chi connectivity index (χ0v) is 11.6. The molecule has 5 nitrogen and oxygen atoms in total. The Morgan fingerprint density at radius 2 is 2.10 bits per heavy atom. The number of hydrogen-bond acceptors (Lipinski definition) is 4. The number of benzene rings is 1. The first-order valence-corrected chi connectivity index (χ1v) is 7.80. The molecule has 106 valence electrons. The van der Waals surface area contributed by atoms with Crippen molar-refractivity contribution in [3.8, 4) is 0 Å². The molecular weight excluding hydrogens is 278 g/mol. The predicted octanol–water partition coefficient (Wildman–Crippen LogP) is 1.52. The molecule has 0 unspecified atom stereocenters. The van der Waals surface area contributed by atoms with Crippen molar-refractivity contribution in [2.45, 2.75) is 24.7 Å². The summed E-state index contributed by atoms with van der Waals surface area (Å²) >= 11 is 0. The van der Waals surface area contributed by atoms with Crippen molar-refractivity contribution in [3.63, 3.8) is 0 Å². The van der Waals surface area contributed by atoms with Gasteiger partial charge in [0.2, 0.25) is 5.09 Å². The second-order valence-corrected chi connectivity index (χ2v) is 6.65. The minimum atomic E-state index is -3.56. The third-order valence-corrected chi connectivity index (χ3v) is 5.25. The lowest BCUT2D eigenvalue weighted by molar-refractivity contribution is 0.281. The minimum absolute atomic E-state index is 0.00167. The lowest BCUT2D eigenvalue weighted by atomic mass is 9.99. The standard InChI is InChI=1S/C14H15NO4S/c16-10-11-3-4-13-9-15(6-5-12(13)8-11)20(17,18)14-2-1-7-19-14/h1-4,7-8,16H,5-6,9-10H2. The molecule has 0 fully saturated rings. The van der Waals surface area contributed by atoms with Crippen molar-refractivity contribution in [2.75, 3.05) is 6.54 Å². The van der Waals surface area contributed by atoms with Gasteiger partial charge in [-0.1, -0.05) is 18.2 Å². The van der Waals surface area contributed by atoms with Crippen molar-refractivity contribution < 1.29 is 17.9 Å². The van der Waals surface area contributed by atoms with E-state index in [0.29, 0.717) is 19.5 Å². The molecule has 1 aromatic carbocycles. The van der Waals surface area contributed by atoms with Crippen LogP contribution in [0.1, 0.15) is 16.7 Å². The van der Waals surface area contributed by atoms with Crippen LogP contribution in [0.15, 0.2) is 46.1 Å². The van der Waals surface area contributed by atoms with Gasteiger partial charge in [0.15, 0.2) is 0 Å². The Bertz CT molecular complexity index is 707. The Balaban J connectivity index is 1.89. The quantitative estimate of drug-likeness (QED) is 0.931. The fourth-order valence-corrected chi connectivity index (χ4v) is 3.74. The highest BCUT2D eigenvalue weighted by Gasteiger charge is 2.30. The molecule has 3 rings (SSSR count). The van der Waals surface area contributed by atoms with Crippen LogP contribution < -0.4 is 0 Å². The molecular formula is C14H15NO4S. The van der Waals surface area contributed by atoms with Gasteiger partial charge in [-0.25, -0.2) is 8.42 Å². The highest BCUT2D eigenvalue weighted by molar-refractivity contribution is 7.89. The molecule has 0 spiro atoms. The number of aliphatic hydroxyl groups excluding tert-OH is 1. The van der Waals surface area contributed by atoms with Crippen molar-refractivity contribution >= 4 is 10.0 Å².